The van der Waals surface area contributed by atoms with Crippen LogP contribution in [-0.4, -0.2) is 48.9 Å². The second-order valence-electron chi connectivity index (χ2n) is 4.81. The lowest BCUT2D eigenvalue weighted by atomic mass is 10.2. The van der Waals surface area contributed by atoms with Crippen molar-refractivity contribution in [3.05, 3.63) is 28.2 Å². The summed E-state index contributed by atoms with van der Waals surface area (Å²) >= 11 is 3.38. The number of benzene rings is 1. The van der Waals surface area contributed by atoms with E-state index < -0.39 is 12.7 Å². The Hall–Kier alpha value is -0.790. The smallest absolute Gasteiger partial charge is 0.392 e. The maximum absolute atomic E-state index is 12.3. The zero-order valence-corrected chi connectivity index (χ0v) is 12.4. The monoisotopic (exact) mass is 352 g/mol. The van der Waals surface area contributed by atoms with Crippen molar-refractivity contribution < 1.29 is 18.3 Å². The Labute approximate surface area is 124 Å². The lowest BCUT2D eigenvalue weighted by Crippen LogP contribution is -2.49. The van der Waals surface area contributed by atoms with Crippen molar-refractivity contribution in [2.24, 2.45) is 0 Å². The van der Waals surface area contributed by atoms with E-state index in [0.717, 1.165) is 15.7 Å². The van der Waals surface area contributed by atoms with Gasteiger partial charge >= 0.3 is 6.18 Å². The van der Waals surface area contributed by atoms with Gasteiger partial charge in [-0.1, -0.05) is 22.0 Å². The van der Waals surface area contributed by atoms with Gasteiger partial charge in [-0.05, 0) is 17.7 Å². The Kier molecular flexibility index (Phi) is 4.93. The fourth-order valence-electron chi connectivity index (χ4n) is 2.28. The summed E-state index contributed by atoms with van der Waals surface area (Å²) in [5.41, 5.74) is 1.75. The first kappa shape index (κ1) is 15.6. The molecule has 0 bridgehead atoms. The van der Waals surface area contributed by atoms with Crippen molar-refractivity contribution >= 4 is 21.6 Å². The summed E-state index contributed by atoms with van der Waals surface area (Å²) in [4.78, 5) is 3.48. The summed E-state index contributed by atoms with van der Waals surface area (Å²) in [5, 5.41) is 9.11. The van der Waals surface area contributed by atoms with Crippen LogP contribution < -0.4 is 4.90 Å². The third kappa shape index (κ3) is 4.10. The van der Waals surface area contributed by atoms with Crippen LogP contribution in [0.2, 0.25) is 0 Å². The molecule has 20 heavy (non-hydrogen) atoms. The lowest BCUT2D eigenvalue weighted by Gasteiger charge is -2.36. The van der Waals surface area contributed by atoms with Crippen LogP contribution >= 0.6 is 15.9 Å². The largest absolute Gasteiger partial charge is 0.401 e. The van der Waals surface area contributed by atoms with Gasteiger partial charge < -0.3 is 10.0 Å². The first-order valence-corrected chi connectivity index (χ1v) is 7.12. The number of alkyl halides is 3. The Balaban J connectivity index is 1.95. The summed E-state index contributed by atoms with van der Waals surface area (Å²) in [7, 11) is 0. The molecule has 0 saturated carbocycles. The van der Waals surface area contributed by atoms with Crippen molar-refractivity contribution in [1.29, 1.82) is 0 Å². The molecular weight excluding hydrogens is 337 g/mol. The molecule has 0 unspecified atom stereocenters. The molecule has 1 aliphatic rings. The van der Waals surface area contributed by atoms with Gasteiger partial charge in [0.05, 0.1) is 13.2 Å². The standard InChI is InChI=1S/C13H16BrF3N2O/c14-12-7-11(2-1-10(12)8-20)19-5-3-18(4-6-19)9-13(15,16)17/h1-2,7,20H,3-6,8-9H2. The Morgan fingerprint density at radius 2 is 1.80 bits per heavy atom. The normalized spacial score (nSPS) is 17.6. The Morgan fingerprint density at radius 1 is 1.15 bits per heavy atom. The van der Waals surface area contributed by atoms with Gasteiger partial charge in [-0.15, -0.1) is 0 Å². The van der Waals surface area contributed by atoms with Gasteiger partial charge in [0.25, 0.3) is 0 Å². The van der Waals surface area contributed by atoms with Crippen molar-refractivity contribution in [3.63, 3.8) is 0 Å². The third-order valence-electron chi connectivity index (χ3n) is 3.35. The van der Waals surface area contributed by atoms with E-state index in [1.54, 1.807) is 0 Å². The minimum absolute atomic E-state index is 0.0414. The average Bonchev–Trinajstić information content (AvgIpc) is 2.37. The minimum Gasteiger partial charge on any atom is -0.392 e. The van der Waals surface area contributed by atoms with Crippen LogP contribution in [0, 0.1) is 0 Å². The van der Waals surface area contributed by atoms with Crippen molar-refractivity contribution in [2.45, 2.75) is 12.8 Å². The number of halogens is 4. The van der Waals surface area contributed by atoms with E-state index in [2.05, 4.69) is 20.8 Å². The van der Waals surface area contributed by atoms with Crippen molar-refractivity contribution in [3.8, 4) is 0 Å². The quantitative estimate of drug-likeness (QED) is 0.905. The van der Waals surface area contributed by atoms with Gasteiger partial charge in [-0.2, -0.15) is 13.2 Å². The van der Waals surface area contributed by atoms with Crippen LogP contribution in [0.15, 0.2) is 22.7 Å². The maximum atomic E-state index is 12.3. The minimum atomic E-state index is -4.13. The first-order valence-electron chi connectivity index (χ1n) is 6.32. The molecule has 1 heterocycles. The van der Waals surface area contributed by atoms with E-state index >= 15 is 0 Å². The molecule has 1 aromatic rings. The van der Waals surface area contributed by atoms with Crippen LogP contribution in [0.3, 0.4) is 0 Å². The zero-order chi connectivity index (χ0) is 14.8. The fraction of sp³-hybridized carbons (Fsp3) is 0.538. The van der Waals surface area contributed by atoms with E-state index in [0.29, 0.717) is 26.2 Å². The molecule has 7 heteroatoms. The average molecular weight is 353 g/mol. The topological polar surface area (TPSA) is 26.7 Å². The number of piperazine rings is 1. The van der Waals surface area contributed by atoms with E-state index in [1.165, 1.54) is 4.90 Å². The Bertz CT molecular complexity index is 459. The van der Waals surface area contributed by atoms with E-state index in [-0.39, 0.29) is 6.61 Å². The molecule has 1 aromatic carbocycles. The Morgan fingerprint density at radius 3 is 2.30 bits per heavy atom. The van der Waals surface area contributed by atoms with Crippen LogP contribution in [0.1, 0.15) is 5.56 Å². The SMILES string of the molecule is OCc1ccc(N2CCN(CC(F)(F)F)CC2)cc1Br. The number of aliphatic hydroxyl groups excluding tert-OH is 1. The molecule has 0 aliphatic carbocycles. The number of rotatable bonds is 3. The highest BCUT2D eigenvalue weighted by Crippen LogP contribution is 2.25. The van der Waals surface area contributed by atoms with Gasteiger partial charge in [-0.25, -0.2) is 0 Å². The van der Waals surface area contributed by atoms with Crippen molar-refractivity contribution in [2.75, 3.05) is 37.6 Å². The number of hydrogen-bond acceptors (Lipinski definition) is 3. The van der Waals surface area contributed by atoms with E-state index in [4.69, 9.17) is 5.11 Å². The van der Waals surface area contributed by atoms with Gasteiger partial charge in [0.15, 0.2) is 0 Å². The molecule has 0 aromatic heterocycles. The second kappa shape index (κ2) is 6.32. The van der Waals surface area contributed by atoms with E-state index in [1.807, 2.05) is 18.2 Å². The lowest BCUT2D eigenvalue weighted by molar-refractivity contribution is -0.146. The molecule has 0 atom stereocenters. The predicted octanol–water partition coefficient (Wildman–Crippen LogP) is 2.63. The fourth-order valence-corrected chi connectivity index (χ4v) is 2.77. The molecule has 0 amide bonds. The molecule has 1 saturated heterocycles. The highest BCUT2D eigenvalue weighted by atomic mass is 79.9. The number of nitrogens with zero attached hydrogens (tertiary/aromatic N) is 2. The molecule has 1 aliphatic heterocycles. The third-order valence-corrected chi connectivity index (χ3v) is 4.09. The van der Waals surface area contributed by atoms with Crippen LogP contribution in [0.25, 0.3) is 0 Å². The van der Waals surface area contributed by atoms with Crippen LogP contribution in [0.4, 0.5) is 18.9 Å². The van der Waals surface area contributed by atoms with Gasteiger partial charge in [0.2, 0.25) is 0 Å². The van der Waals surface area contributed by atoms with Crippen molar-refractivity contribution in [1.82, 2.24) is 4.90 Å². The van der Waals surface area contributed by atoms with Gasteiger partial charge in [0, 0.05) is 36.3 Å². The molecule has 3 nitrogen and oxygen atoms in total. The molecular formula is C13H16BrF3N2O. The predicted molar refractivity (Wildman–Crippen MR) is 74.8 cm³/mol. The zero-order valence-electron chi connectivity index (χ0n) is 10.8. The van der Waals surface area contributed by atoms with Crippen LogP contribution in [-0.2, 0) is 6.61 Å². The summed E-state index contributed by atoms with van der Waals surface area (Å²) in [5.74, 6) is 0. The molecule has 0 radical (unpaired) electrons. The number of hydrogen-bond donors (Lipinski definition) is 1. The van der Waals surface area contributed by atoms with Crippen LogP contribution in [0.5, 0.6) is 0 Å². The molecule has 0 spiro atoms. The second-order valence-corrected chi connectivity index (χ2v) is 5.67. The highest BCUT2D eigenvalue weighted by molar-refractivity contribution is 9.10. The summed E-state index contributed by atoms with van der Waals surface area (Å²) in [6, 6.07) is 5.60. The van der Waals surface area contributed by atoms with E-state index in [9.17, 15) is 13.2 Å². The van der Waals surface area contributed by atoms with Gasteiger partial charge in [-0.3, -0.25) is 4.90 Å². The number of anilines is 1. The summed E-state index contributed by atoms with van der Waals surface area (Å²) < 4.78 is 37.7. The number of aliphatic hydroxyl groups is 1. The van der Waals surface area contributed by atoms with Gasteiger partial charge in [0.1, 0.15) is 0 Å². The molecule has 1 fully saturated rings. The molecule has 1 N–H and O–H groups in total. The first-order chi connectivity index (χ1) is 9.39. The molecule has 2 rings (SSSR count). The maximum Gasteiger partial charge on any atom is 0.401 e. The molecule has 112 valence electrons. The highest BCUT2D eigenvalue weighted by Gasteiger charge is 2.32. The summed E-state index contributed by atoms with van der Waals surface area (Å²) in [6.45, 7) is 1.06. The summed E-state index contributed by atoms with van der Waals surface area (Å²) in [6.07, 6.45) is -4.13.